The van der Waals surface area contributed by atoms with E-state index in [9.17, 15) is 4.79 Å². The van der Waals surface area contributed by atoms with Crippen molar-refractivity contribution in [1.82, 2.24) is 4.72 Å². The van der Waals surface area contributed by atoms with Crippen LogP contribution in [0.15, 0.2) is 82.1 Å². The monoisotopic (exact) mass is 565 g/mol. The molecule has 0 spiro atoms. The Morgan fingerprint density at radius 3 is 2.62 bits per heavy atom. The van der Waals surface area contributed by atoms with Gasteiger partial charge in [-0.2, -0.15) is 0 Å². The van der Waals surface area contributed by atoms with Gasteiger partial charge in [-0.25, -0.2) is 0 Å². The molecule has 0 aromatic heterocycles. The predicted molar refractivity (Wildman–Crippen MR) is 168 cm³/mol. The summed E-state index contributed by atoms with van der Waals surface area (Å²) in [5.41, 5.74) is 15.7. The summed E-state index contributed by atoms with van der Waals surface area (Å²) >= 11 is 3.43. The number of likely N-dealkylation sites (N-methyl/N-ethyl adjacent to an activating group) is 1. The van der Waals surface area contributed by atoms with Gasteiger partial charge in [-0.15, -0.1) is 0 Å². The average molecular weight is 566 g/mol. The minimum absolute atomic E-state index is 0.0416. The van der Waals surface area contributed by atoms with Crippen molar-refractivity contribution in [1.29, 1.82) is 0 Å². The fourth-order valence-corrected chi connectivity index (χ4v) is 6.59. The van der Waals surface area contributed by atoms with Crippen LogP contribution in [0.4, 0.5) is 11.4 Å². The number of methoxy groups -OCH3 is 1. The minimum atomic E-state index is -0.207. The number of rotatable bonds is 10. The number of anilines is 2. The minimum Gasteiger partial charge on any atom is -0.497 e. The van der Waals surface area contributed by atoms with E-state index in [1.165, 1.54) is 34.3 Å². The van der Waals surface area contributed by atoms with Gasteiger partial charge < -0.3 is 26.4 Å². The molecule has 6 N–H and O–H groups in total. The number of fused-ring (bicyclic) bond motifs is 1. The maximum Gasteiger partial charge on any atom is 0.238 e. The van der Waals surface area contributed by atoms with E-state index in [-0.39, 0.29) is 23.9 Å². The van der Waals surface area contributed by atoms with E-state index in [0.717, 1.165) is 22.8 Å². The second kappa shape index (κ2) is 15.0. The van der Waals surface area contributed by atoms with Gasteiger partial charge in [0.1, 0.15) is 5.75 Å². The topological polar surface area (TPSA) is 106 Å². The number of amides is 1. The molecule has 4 rings (SSSR count). The van der Waals surface area contributed by atoms with E-state index in [0.29, 0.717) is 0 Å². The molecule has 1 heterocycles. The second-order valence-corrected chi connectivity index (χ2v) is 11.3. The van der Waals surface area contributed by atoms with Crippen LogP contribution < -0.4 is 31.1 Å². The van der Waals surface area contributed by atoms with Crippen molar-refractivity contribution in [2.75, 3.05) is 38.0 Å². The van der Waals surface area contributed by atoms with Crippen LogP contribution in [0.3, 0.4) is 0 Å². The van der Waals surface area contributed by atoms with Crippen LogP contribution in [0.1, 0.15) is 25.0 Å². The Balaban J connectivity index is 0.00000205. The molecular weight excluding hydrogens is 526 g/mol. The van der Waals surface area contributed by atoms with Crippen molar-refractivity contribution in [2.24, 2.45) is 11.5 Å². The number of hydrogen-bond donors (Lipinski definition) is 4. The third-order valence-corrected chi connectivity index (χ3v) is 8.39. The van der Waals surface area contributed by atoms with E-state index < -0.39 is 0 Å². The summed E-state index contributed by atoms with van der Waals surface area (Å²) in [5, 5.41) is 3.01. The molecule has 7 nitrogen and oxygen atoms in total. The van der Waals surface area contributed by atoms with Crippen LogP contribution in [-0.4, -0.2) is 45.1 Å². The molecule has 0 saturated carbocycles. The molecule has 9 heteroatoms. The molecule has 1 aliphatic heterocycles. The van der Waals surface area contributed by atoms with Crippen LogP contribution in [-0.2, 0) is 11.2 Å². The van der Waals surface area contributed by atoms with Crippen LogP contribution >= 0.6 is 23.7 Å². The third kappa shape index (κ3) is 8.52. The van der Waals surface area contributed by atoms with Crippen molar-refractivity contribution in [2.45, 2.75) is 41.5 Å². The molecule has 3 aromatic rings. The number of nitrogens with one attached hydrogen (secondary N) is 2. The van der Waals surface area contributed by atoms with Crippen molar-refractivity contribution in [3.63, 3.8) is 0 Å². The molecule has 0 saturated heterocycles. The zero-order valence-corrected chi connectivity index (χ0v) is 24.9. The first-order valence-corrected chi connectivity index (χ1v) is 14.5. The fraction of sp³-hybridized carbons (Fsp3) is 0.300. The predicted octanol–water partition coefficient (Wildman–Crippen LogP) is 5.37. The maximum absolute atomic E-state index is 11.7. The molecule has 0 radical (unpaired) electrons. The molecule has 0 bridgehead atoms. The number of hydrogen-bond acceptors (Lipinski definition) is 8. The van der Waals surface area contributed by atoms with Gasteiger partial charge >= 0.3 is 0 Å². The lowest BCUT2D eigenvalue weighted by Gasteiger charge is -2.30. The summed E-state index contributed by atoms with van der Waals surface area (Å²) < 4.78 is 9.21. The highest BCUT2D eigenvalue weighted by Crippen LogP contribution is 2.46. The summed E-state index contributed by atoms with van der Waals surface area (Å²) in [6.45, 7) is 4.20. The molecule has 2 unspecified atom stereocenters. The van der Waals surface area contributed by atoms with Gasteiger partial charge in [-0.05, 0) is 86.8 Å². The lowest BCUT2D eigenvalue weighted by atomic mass is 10.0. The van der Waals surface area contributed by atoms with Gasteiger partial charge in [0.05, 0.1) is 30.8 Å². The standard InChI is InChI=1S/C29H34N4O2S2.CH5N/c1-19(2)13-20-7-5-8-21(14-20)15-25(29-33(3)26-12-11-23(35-4)17-27(26)36-29)32-37-24-10-6-9-22(16-24)31-28(34)18-30;1-2/h5-14,16-17,25,29,32H,15,18,30H2,1-4H3,(H,31,34);2H2,1H3. The molecule has 39 heavy (non-hydrogen) atoms. The molecule has 0 fully saturated rings. The summed E-state index contributed by atoms with van der Waals surface area (Å²) in [6, 6.07) is 22.9. The number of nitrogens with zero attached hydrogens (tertiary/aromatic N) is 1. The van der Waals surface area contributed by atoms with Gasteiger partial charge in [0.2, 0.25) is 5.91 Å². The van der Waals surface area contributed by atoms with E-state index in [2.05, 4.69) is 84.0 Å². The maximum atomic E-state index is 11.7. The zero-order chi connectivity index (χ0) is 28.4. The smallest absolute Gasteiger partial charge is 0.238 e. The van der Waals surface area contributed by atoms with Gasteiger partial charge in [0.25, 0.3) is 0 Å². The van der Waals surface area contributed by atoms with E-state index >= 15 is 0 Å². The molecule has 3 aromatic carbocycles. The lowest BCUT2D eigenvalue weighted by molar-refractivity contribution is -0.114. The largest absolute Gasteiger partial charge is 0.497 e. The molecule has 1 aliphatic rings. The van der Waals surface area contributed by atoms with Crippen LogP contribution in [0.5, 0.6) is 5.75 Å². The summed E-state index contributed by atoms with van der Waals surface area (Å²) in [4.78, 5) is 16.3. The SMILES string of the molecule is CN.COc1ccc2c(c1)SC(C(Cc1cccc(C=C(C)C)c1)NSc1cccc(NC(=O)CN)c1)N2C. The van der Waals surface area contributed by atoms with Crippen LogP contribution in [0.2, 0.25) is 0 Å². The number of carbonyl (C=O) groups is 1. The normalized spacial score (nSPS) is 14.5. The van der Waals surface area contributed by atoms with Crippen molar-refractivity contribution in [3.8, 4) is 5.75 Å². The Bertz CT molecular complexity index is 1280. The molecule has 0 aliphatic carbocycles. The van der Waals surface area contributed by atoms with Gasteiger partial charge in [0.15, 0.2) is 0 Å². The lowest BCUT2D eigenvalue weighted by Crippen LogP contribution is -2.44. The van der Waals surface area contributed by atoms with E-state index in [1.54, 1.807) is 19.1 Å². The van der Waals surface area contributed by atoms with Crippen molar-refractivity contribution < 1.29 is 9.53 Å². The first kappa shape index (κ1) is 30.6. The molecule has 2 atom stereocenters. The fourth-order valence-electron chi connectivity index (χ4n) is 4.30. The van der Waals surface area contributed by atoms with E-state index in [4.69, 9.17) is 10.5 Å². The Morgan fingerprint density at radius 2 is 1.90 bits per heavy atom. The highest BCUT2D eigenvalue weighted by atomic mass is 32.2. The second-order valence-electron chi connectivity index (χ2n) is 9.23. The van der Waals surface area contributed by atoms with E-state index in [1.807, 2.05) is 42.1 Å². The Labute approximate surface area is 240 Å². The van der Waals surface area contributed by atoms with Gasteiger partial charge in [-0.3, -0.25) is 9.52 Å². The Kier molecular flexibility index (Phi) is 11.8. The summed E-state index contributed by atoms with van der Waals surface area (Å²) in [6.07, 6.45) is 3.06. The Morgan fingerprint density at radius 1 is 1.13 bits per heavy atom. The van der Waals surface area contributed by atoms with Crippen molar-refractivity contribution in [3.05, 3.63) is 83.4 Å². The van der Waals surface area contributed by atoms with Crippen LogP contribution in [0, 0.1) is 0 Å². The number of thioether (sulfide) groups is 1. The highest BCUT2D eigenvalue weighted by molar-refractivity contribution is 8.00. The number of allylic oxidation sites excluding steroid dienone is 1. The van der Waals surface area contributed by atoms with Gasteiger partial charge in [-0.1, -0.05) is 53.7 Å². The van der Waals surface area contributed by atoms with Crippen LogP contribution in [0.25, 0.3) is 6.08 Å². The Hall–Kier alpha value is -2.95. The third-order valence-electron chi connectivity index (χ3n) is 6.01. The first-order chi connectivity index (χ1) is 18.9. The number of benzene rings is 3. The number of ether oxygens (including phenoxy) is 1. The first-order valence-electron chi connectivity index (χ1n) is 12.8. The van der Waals surface area contributed by atoms with Crippen molar-refractivity contribution >= 4 is 47.1 Å². The average Bonchev–Trinajstić information content (AvgIpc) is 3.27. The molecule has 208 valence electrons. The summed E-state index contributed by atoms with van der Waals surface area (Å²) in [7, 11) is 5.35. The van der Waals surface area contributed by atoms with Gasteiger partial charge in [0, 0.05) is 22.5 Å². The number of carbonyl (C=O) groups excluding carboxylic acids is 1. The quantitative estimate of drug-likeness (QED) is 0.243. The highest BCUT2D eigenvalue weighted by Gasteiger charge is 2.34. The number of nitrogens with two attached hydrogens (primary N) is 2. The molecular formula is C30H39N5O2S2. The zero-order valence-electron chi connectivity index (χ0n) is 23.2. The summed E-state index contributed by atoms with van der Waals surface area (Å²) in [5.74, 6) is 0.659. The molecule has 1 amide bonds.